The van der Waals surface area contributed by atoms with E-state index in [1.807, 2.05) is 30.3 Å². The van der Waals surface area contributed by atoms with Crippen LogP contribution < -0.4 is 4.90 Å². The van der Waals surface area contributed by atoms with Crippen molar-refractivity contribution >= 4 is 49.6 Å². The fraction of sp³-hybridized carbons (Fsp3) is 0. The molecule has 0 saturated carbocycles. The highest BCUT2D eigenvalue weighted by molar-refractivity contribution is 6.16. The van der Waals surface area contributed by atoms with E-state index < -0.39 is 0 Å². The van der Waals surface area contributed by atoms with Crippen molar-refractivity contribution in [3.05, 3.63) is 170 Å². The van der Waals surface area contributed by atoms with Gasteiger partial charge in [-0.05, 0) is 88.6 Å². The molecule has 204 valence electrons. The molecule has 0 N–H and O–H groups in total. The molecule has 0 unspecified atom stereocenters. The van der Waals surface area contributed by atoms with Crippen molar-refractivity contribution in [3.63, 3.8) is 0 Å². The zero-order valence-corrected chi connectivity index (χ0v) is 23.4. The van der Waals surface area contributed by atoms with Crippen LogP contribution in [0, 0.1) is 5.82 Å². The number of halogens is 1. The summed E-state index contributed by atoms with van der Waals surface area (Å²) in [5.41, 5.74) is 8.39. The molecule has 8 aromatic rings. The Kier molecular flexibility index (Phi) is 6.01. The molecular formula is C40H27FN2. The van der Waals surface area contributed by atoms with E-state index in [4.69, 9.17) is 0 Å². The van der Waals surface area contributed by atoms with Crippen molar-refractivity contribution < 1.29 is 4.39 Å². The standard InChI is InChI=1S/C40H27FN2/c41-31-13-9-18-34(26-31)42(32-14-3-1-4-15-32)35-23-24-37-39(27-35)43(33-16-5-2-6-17-33)38-20-10-19-36(40(37)38)30-22-21-28-11-7-8-12-29(28)25-30/h1-27H. The number of hydrogen-bond acceptors (Lipinski definition) is 1. The molecule has 3 heteroatoms. The van der Waals surface area contributed by atoms with E-state index in [0.29, 0.717) is 0 Å². The van der Waals surface area contributed by atoms with Crippen molar-refractivity contribution in [3.8, 4) is 16.8 Å². The Hall–Kier alpha value is -5.67. The van der Waals surface area contributed by atoms with Gasteiger partial charge in [-0.3, -0.25) is 0 Å². The van der Waals surface area contributed by atoms with Crippen molar-refractivity contribution in [1.82, 2.24) is 4.57 Å². The normalized spacial score (nSPS) is 11.4. The maximum Gasteiger partial charge on any atom is 0.125 e. The highest BCUT2D eigenvalue weighted by Crippen LogP contribution is 2.42. The maximum absolute atomic E-state index is 14.5. The molecule has 0 aliphatic heterocycles. The minimum Gasteiger partial charge on any atom is -0.310 e. The van der Waals surface area contributed by atoms with Crippen molar-refractivity contribution in [2.45, 2.75) is 0 Å². The Morgan fingerprint density at radius 3 is 1.98 bits per heavy atom. The van der Waals surface area contributed by atoms with Crippen LogP contribution in [-0.4, -0.2) is 4.57 Å². The van der Waals surface area contributed by atoms with Gasteiger partial charge in [0.25, 0.3) is 0 Å². The molecule has 7 aromatic carbocycles. The Labute approximate surface area is 249 Å². The number of para-hydroxylation sites is 2. The van der Waals surface area contributed by atoms with Gasteiger partial charge in [0, 0.05) is 33.5 Å². The molecule has 0 bridgehead atoms. The van der Waals surface area contributed by atoms with Gasteiger partial charge in [0.1, 0.15) is 5.82 Å². The quantitative estimate of drug-likeness (QED) is 0.205. The fourth-order valence-corrected chi connectivity index (χ4v) is 6.29. The van der Waals surface area contributed by atoms with E-state index in [-0.39, 0.29) is 5.82 Å². The van der Waals surface area contributed by atoms with Gasteiger partial charge in [-0.2, -0.15) is 0 Å². The van der Waals surface area contributed by atoms with Gasteiger partial charge in [0.15, 0.2) is 0 Å². The Morgan fingerprint density at radius 1 is 0.465 bits per heavy atom. The summed E-state index contributed by atoms with van der Waals surface area (Å²) in [5, 5.41) is 4.83. The monoisotopic (exact) mass is 554 g/mol. The van der Waals surface area contributed by atoms with Crippen LogP contribution in [0.25, 0.3) is 49.4 Å². The van der Waals surface area contributed by atoms with Crippen molar-refractivity contribution in [2.75, 3.05) is 4.90 Å². The van der Waals surface area contributed by atoms with Crippen LogP contribution >= 0.6 is 0 Å². The molecule has 0 aliphatic carbocycles. The molecule has 0 saturated heterocycles. The zero-order chi connectivity index (χ0) is 28.8. The average molecular weight is 555 g/mol. The van der Waals surface area contributed by atoms with Crippen LogP contribution in [0.4, 0.5) is 21.5 Å². The van der Waals surface area contributed by atoms with Gasteiger partial charge >= 0.3 is 0 Å². The van der Waals surface area contributed by atoms with E-state index in [9.17, 15) is 4.39 Å². The number of hydrogen-bond donors (Lipinski definition) is 0. The average Bonchev–Trinajstić information content (AvgIpc) is 3.39. The molecule has 1 heterocycles. The first-order chi connectivity index (χ1) is 21.2. The SMILES string of the molecule is Fc1cccc(N(c2ccccc2)c2ccc3c4c(-c5ccc6ccccc6c5)cccc4n(-c4ccccc4)c3c2)c1. The van der Waals surface area contributed by atoms with Gasteiger partial charge in [-0.15, -0.1) is 0 Å². The van der Waals surface area contributed by atoms with Crippen LogP contribution in [0.3, 0.4) is 0 Å². The second-order valence-corrected chi connectivity index (χ2v) is 10.8. The van der Waals surface area contributed by atoms with Crippen LogP contribution in [0.5, 0.6) is 0 Å². The van der Waals surface area contributed by atoms with E-state index in [0.717, 1.165) is 33.8 Å². The molecule has 0 radical (unpaired) electrons. The molecule has 0 aliphatic rings. The Balaban J connectivity index is 1.42. The Bertz CT molecular complexity index is 2250. The number of nitrogens with zero attached hydrogens (tertiary/aromatic N) is 2. The van der Waals surface area contributed by atoms with E-state index in [2.05, 4.69) is 125 Å². The predicted octanol–water partition coefficient (Wildman–Crippen LogP) is 11.2. The number of rotatable bonds is 5. The van der Waals surface area contributed by atoms with Gasteiger partial charge in [-0.1, -0.05) is 97.1 Å². The lowest BCUT2D eigenvalue weighted by atomic mass is 9.97. The third-order valence-corrected chi connectivity index (χ3v) is 8.19. The number of aromatic nitrogens is 1. The topological polar surface area (TPSA) is 8.17 Å². The molecular weight excluding hydrogens is 527 g/mol. The third kappa shape index (κ3) is 4.34. The lowest BCUT2D eigenvalue weighted by molar-refractivity contribution is 0.628. The van der Waals surface area contributed by atoms with Crippen LogP contribution in [0.2, 0.25) is 0 Å². The molecule has 8 rings (SSSR count). The summed E-state index contributed by atoms with van der Waals surface area (Å²) in [5.74, 6) is -0.266. The Morgan fingerprint density at radius 2 is 1.16 bits per heavy atom. The summed E-state index contributed by atoms with van der Waals surface area (Å²) in [4.78, 5) is 2.11. The van der Waals surface area contributed by atoms with E-state index in [1.54, 1.807) is 12.1 Å². The predicted molar refractivity (Wildman–Crippen MR) is 178 cm³/mol. The summed E-state index contributed by atoms with van der Waals surface area (Å²) >= 11 is 0. The van der Waals surface area contributed by atoms with Crippen LogP contribution in [-0.2, 0) is 0 Å². The molecule has 0 amide bonds. The van der Waals surface area contributed by atoms with Crippen LogP contribution in [0.15, 0.2) is 164 Å². The lowest BCUT2D eigenvalue weighted by Crippen LogP contribution is -2.10. The largest absolute Gasteiger partial charge is 0.310 e. The minimum absolute atomic E-state index is 0.266. The van der Waals surface area contributed by atoms with Gasteiger partial charge < -0.3 is 9.47 Å². The van der Waals surface area contributed by atoms with Gasteiger partial charge in [-0.25, -0.2) is 4.39 Å². The molecule has 43 heavy (non-hydrogen) atoms. The molecule has 2 nitrogen and oxygen atoms in total. The summed E-state index contributed by atoms with van der Waals surface area (Å²) in [7, 11) is 0. The summed E-state index contributed by atoms with van der Waals surface area (Å²) in [6.45, 7) is 0. The molecule has 0 fully saturated rings. The zero-order valence-electron chi connectivity index (χ0n) is 23.4. The molecule has 1 aromatic heterocycles. The smallest absolute Gasteiger partial charge is 0.125 e. The minimum atomic E-state index is -0.266. The van der Waals surface area contributed by atoms with Crippen molar-refractivity contribution in [1.29, 1.82) is 0 Å². The highest BCUT2D eigenvalue weighted by Gasteiger charge is 2.19. The number of anilines is 3. The summed E-state index contributed by atoms with van der Waals surface area (Å²) < 4.78 is 16.9. The summed E-state index contributed by atoms with van der Waals surface area (Å²) in [6.07, 6.45) is 0. The van der Waals surface area contributed by atoms with Crippen LogP contribution in [0.1, 0.15) is 0 Å². The van der Waals surface area contributed by atoms with Gasteiger partial charge in [0.05, 0.1) is 11.0 Å². The lowest BCUT2D eigenvalue weighted by Gasteiger charge is -2.25. The summed E-state index contributed by atoms with van der Waals surface area (Å²) in [6, 6.07) is 55.8. The first-order valence-corrected chi connectivity index (χ1v) is 14.5. The van der Waals surface area contributed by atoms with E-state index >= 15 is 0 Å². The van der Waals surface area contributed by atoms with Gasteiger partial charge in [0.2, 0.25) is 0 Å². The van der Waals surface area contributed by atoms with E-state index in [1.165, 1.54) is 38.7 Å². The number of fused-ring (bicyclic) bond motifs is 4. The van der Waals surface area contributed by atoms with Crippen molar-refractivity contribution in [2.24, 2.45) is 0 Å². The number of benzene rings is 7. The maximum atomic E-state index is 14.5. The second kappa shape index (κ2) is 10.3. The fourth-order valence-electron chi connectivity index (χ4n) is 6.29. The highest BCUT2D eigenvalue weighted by atomic mass is 19.1. The molecule has 0 spiro atoms. The second-order valence-electron chi connectivity index (χ2n) is 10.8. The third-order valence-electron chi connectivity index (χ3n) is 8.19. The first kappa shape index (κ1) is 25.1. The molecule has 0 atom stereocenters. The first-order valence-electron chi connectivity index (χ1n) is 14.5.